The Bertz CT molecular complexity index is 1100. The van der Waals surface area contributed by atoms with E-state index in [1.54, 1.807) is 0 Å². The number of aromatic nitrogens is 2. The van der Waals surface area contributed by atoms with Gasteiger partial charge in [-0.3, -0.25) is 4.98 Å². The second-order valence-corrected chi connectivity index (χ2v) is 8.24. The van der Waals surface area contributed by atoms with Crippen LogP contribution in [0, 0.1) is 0 Å². The Hall–Kier alpha value is -3.19. The zero-order valence-corrected chi connectivity index (χ0v) is 17.1. The van der Waals surface area contributed by atoms with E-state index in [1.807, 2.05) is 37.7 Å². The molecule has 7 nitrogen and oxygen atoms in total. The average Bonchev–Trinajstić information content (AvgIpc) is 3.14. The number of aliphatic imine (C=N–C) groups is 2. The van der Waals surface area contributed by atoms with Gasteiger partial charge in [0.15, 0.2) is 0 Å². The Balaban J connectivity index is 1.52. The molecule has 2 aromatic heterocycles. The van der Waals surface area contributed by atoms with Crippen LogP contribution in [0.4, 0.5) is 5.69 Å². The molecule has 0 spiro atoms. The van der Waals surface area contributed by atoms with Gasteiger partial charge >= 0.3 is 0 Å². The van der Waals surface area contributed by atoms with Crippen LogP contribution in [0.15, 0.2) is 58.6 Å². The van der Waals surface area contributed by atoms with E-state index in [0.717, 1.165) is 59.9 Å². The summed E-state index contributed by atoms with van der Waals surface area (Å²) in [6.45, 7) is 1.79. The largest absolute Gasteiger partial charge is 0.399 e. The molecule has 1 fully saturated rings. The van der Waals surface area contributed by atoms with Gasteiger partial charge in [-0.25, -0.2) is 9.98 Å². The maximum Gasteiger partial charge on any atom is 0.220 e. The summed E-state index contributed by atoms with van der Waals surface area (Å²) in [5.74, 6) is 0.759. The molecule has 30 heavy (non-hydrogen) atoms. The minimum atomic E-state index is -0.0950. The third-order valence-corrected chi connectivity index (χ3v) is 6.15. The Kier molecular flexibility index (Phi) is 4.75. The average molecular weight is 402 g/mol. The molecule has 0 bridgehead atoms. The quantitative estimate of drug-likeness (QED) is 0.645. The lowest BCUT2D eigenvalue weighted by molar-refractivity contribution is 0.308. The van der Waals surface area contributed by atoms with Crippen molar-refractivity contribution in [3.63, 3.8) is 0 Å². The summed E-state index contributed by atoms with van der Waals surface area (Å²) in [7, 11) is 2.03. The van der Waals surface area contributed by atoms with E-state index in [1.165, 1.54) is 0 Å². The molecule has 154 valence electrons. The fourth-order valence-corrected chi connectivity index (χ4v) is 4.30. The van der Waals surface area contributed by atoms with Gasteiger partial charge < -0.3 is 20.9 Å². The van der Waals surface area contributed by atoms with Crippen molar-refractivity contribution in [1.82, 2.24) is 14.5 Å². The zero-order valence-electron chi connectivity index (χ0n) is 17.1. The first kappa shape index (κ1) is 18.8. The number of benzene rings is 1. The van der Waals surface area contributed by atoms with Crippen LogP contribution in [0.2, 0.25) is 0 Å². The highest BCUT2D eigenvalue weighted by molar-refractivity contribution is 5.92. The Morgan fingerprint density at radius 2 is 1.77 bits per heavy atom. The number of piperidine rings is 1. The van der Waals surface area contributed by atoms with E-state index in [-0.39, 0.29) is 18.0 Å². The lowest BCUT2D eigenvalue weighted by Gasteiger charge is -2.34. The number of hydrogen-bond acceptors (Lipinski definition) is 6. The number of nitrogens with two attached hydrogens (primary N) is 2. The third-order valence-electron chi connectivity index (χ3n) is 6.15. The van der Waals surface area contributed by atoms with E-state index in [4.69, 9.17) is 26.4 Å². The van der Waals surface area contributed by atoms with E-state index in [2.05, 4.69) is 33.7 Å². The highest BCUT2D eigenvalue weighted by Crippen LogP contribution is 2.36. The number of aryl methyl sites for hydroxylation is 1. The van der Waals surface area contributed by atoms with Crippen LogP contribution in [-0.2, 0) is 7.05 Å². The first-order chi connectivity index (χ1) is 14.6. The number of pyridine rings is 1. The number of fused-ring (bicyclic) bond motifs is 1. The normalized spacial score (nSPS) is 22.5. The number of guanidine groups is 1. The second kappa shape index (κ2) is 7.57. The van der Waals surface area contributed by atoms with Crippen molar-refractivity contribution in [2.24, 2.45) is 22.8 Å². The Morgan fingerprint density at radius 3 is 2.53 bits per heavy atom. The van der Waals surface area contributed by atoms with E-state index in [9.17, 15) is 0 Å². The summed E-state index contributed by atoms with van der Waals surface area (Å²) < 4.78 is 2.08. The standard InChI is InChI=1S/C23H27N7/c1-29-11-10-20-21(29)7-6-19(27-20)18-14-26-23(30-12-8-17(25)9-13-30)28-22(18)15-2-4-16(24)5-3-15/h2-7,10-11,14,17-18,22H,8-9,12-13,24-25H2,1H3. The van der Waals surface area contributed by atoms with Crippen molar-refractivity contribution in [2.45, 2.75) is 30.8 Å². The monoisotopic (exact) mass is 401 g/mol. The number of anilines is 1. The van der Waals surface area contributed by atoms with Gasteiger partial charge in [0.1, 0.15) is 0 Å². The fraction of sp³-hybridized carbons (Fsp3) is 0.348. The van der Waals surface area contributed by atoms with Crippen LogP contribution >= 0.6 is 0 Å². The molecule has 2 aliphatic heterocycles. The minimum Gasteiger partial charge on any atom is -0.399 e. The lowest BCUT2D eigenvalue weighted by Crippen LogP contribution is -2.43. The van der Waals surface area contributed by atoms with Gasteiger partial charge in [-0.15, -0.1) is 0 Å². The summed E-state index contributed by atoms with van der Waals surface area (Å²) >= 11 is 0. The molecule has 0 saturated carbocycles. The maximum absolute atomic E-state index is 6.08. The molecular formula is C23H27N7. The topological polar surface area (TPSA) is 97.8 Å². The van der Waals surface area contributed by atoms with Crippen molar-refractivity contribution in [3.05, 3.63) is 59.9 Å². The molecule has 5 rings (SSSR count). The van der Waals surface area contributed by atoms with Crippen molar-refractivity contribution in [2.75, 3.05) is 18.8 Å². The van der Waals surface area contributed by atoms with E-state index in [0.29, 0.717) is 0 Å². The first-order valence-corrected chi connectivity index (χ1v) is 10.5. The minimum absolute atomic E-state index is 0.0333. The van der Waals surface area contributed by atoms with Crippen molar-refractivity contribution in [1.29, 1.82) is 0 Å². The lowest BCUT2D eigenvalue weighted by atomic mass is 9.90. The maximum atomic E-state index is 6.08. The van der Waals surface area contributed by atoms with Gasteiger partial charge in [-0.2, -0.15) is 0 Å². The molecule has 2 atom stereocenters. The highest BCUT2D eigenvalue weighted by Gasteiger charge is 2.30. The third kappa shape index (κ3) is 3.45. The summed E-state index contributed by atoms with van der Waals surface area (Å²) in [5, 5.41) is 0. The van der Waals surface area contributed by atoms with Crippen molar-refractivity contribution in [3.8, 4) is 0 Å². The molecule has 7 heteroatoms. The fourth-order valence-electron chi connectivity index (χ4n) is 4.30. The molecule has 0 amide bonds. The molecule has 4 heterocycles. The number of nitrogen functional groups attached to an aromatic ring is 1. The smallest absolute Gasteiger partial charge is 0.220 e. The Morgan fingerprint density at radius 1 is 1.00 bits per heavy atom. The van der Waals surface area contributed by atoms with Crippen LogP contribution in [0.1, 0.15) is 36.1 Å². The van der Waals surface area contributed by atoms with Crippen LogP contribution < -0.4 is 11.5 Å². The van der Waals surface area contributed by atoms with Gasteiger partial charge in [-0.1, -0.05) is 12.1 Å². The molecule has 0 aliphatic carbocycles. The van der Waals surface area contributed by atoms with Gasteiger partial charge in [0.2, 0.25) is 5.96 Å². The molecule has 1 aromatic carbocycles. The van der Waals surface area contributed by atoms with Gasteiger partial charge in [-0.05, 0) is 48.7 Å². The van der Waals surface area contributed by atoms with Crippen LogP contribution in [0.3, 0.4) is 0 Å². The van der Waals surface area contributed by atoms with Crippen LogP contribution in [0.25, 0.3) is 11.0 Å². The summed E-state index contributed by atoms with van der Waals surface area (Å²) in [6.07, 6.45) is 5.98. The molecule has 0 radical (unpaired) electrons. The Labute approximate surface area is 176 Å². The van der Waals surface area contributed by atoms with Crippen LogP contribution in [-0.4, -0.2) is 45.8 Å². The number of nitrogens with zero attached hydrogens (tertiary/aromatic N) is 5. The summed E-state index contributed by atoms with van der Waals surface area (Å²) in [6, 6.07) is 14.4. The van der Waals surface area contributed by atoms with E-state index < -0.39 is 0 Å². The zero-order chi connectivity index (χ0) is 20.7. The molecule has 3 aromatic rings. The van der Waals surface area contributed by atoms with Gasteiger partial charge in [0.05, 0.1) is 28.7 Å². The number of hydrogen-bond donors (Lipinski definition) is 2. The predicted octanol–water partition coefficient (Wildman–Crippen LogP) is 2.84. The second-order valence-electron chi connectivity index (χ2n) is 8.24. The highest BCUT2D eigenvalue weighted by atomic mass is 15.3. The van der Waals surface area contributed by atoms with Crippen LogP contribution in [0.5, 0.6) is 0 Å². The SMILES string of the molecule is Cn1ccc2nc(C3C=NC(N4CCC(N)CC4)=NC3c3ccc(N)cc3)ccc21. The molecular weight excluding hydrogens is 374 g/mol. The summed E-state index contributed by atoms with van der Waals surface area (Å²) in [5.41, 5.74) is 16.9. The molecule has 4 N–H and O–H groups in total. The van der Waals surface area contributed by atoms with Gasteiger partial charge in [0.25, 0.3) is 0 Å². The molecule has 2 unspecified atom stereocenters. The first-order valence-electron chi connectivity index (χ1n) is 10.5. The van der Waals surface area contributed by atoms with E-state index >= 15 is 0 Å². The van der Waals surface area contributed by atoms with Crippen molar-refractivity contribution >= 4 is 28.9 Å². The number of rotatable bonds is 2. The van der Waals surface area contributed by atoms with Crippen molar-refractivity contribution < 1.29 is 0 Å². The molecule has 1 saturated heterocycles. The molecule has 2 aliphatic rings. The van der Waals surface area contributed by atoms with Gasteiger partial charge in [0, 0.05) is 44.3 Å². The number of likely N-dealkylation sites (tertiary alicyclic amines) is 1. The predicted molar refractivity (Wildman–Crippen MR) is 122 cm³/mol. The summed E-state index contributed by atoms with van der Waals surface area (Å²) in [4.78, 5) is 17.0.